The van der Waals surface area contributed by atoms with E-state index in [1.54, 1.807) is 44.7 Å². The van der Waals surface area contributed by atoms with Gasteiger partial charge >= 0.3 is 0 Å². The molecule has 140 valence electrons. The third-order valence-electron chi connectivity index (χ3n) is 4.34. The van der Waals surface area contributed by atoms with Crippen molar-refractivity contribution in [2.24, 2.45) is 0 Å². The van der Waals surface area contributed by atoms with Crippen LogP contribution in [0, 0.1) is 5.82 Å². The molecule has 3 aromatic heterocycles. The van der Waals surface area contributed by atoms with Gasteiger partial charge in [-0.3, -0.25) is 9.78 Å². The van der Waals surface area contributed by atoms with E-state index in [4.69, 9.17) is 11.6 Å². The second-order valence-electron chi connectivity index (χ2n) is 6.38. The number of halogens is 2. The molecule has 6 nitrogen and oxygen atoms in total. The lowest BCUT2D eigenvalue weighted by atomic mass is 10.0. The summed E-state index contributed by atoms with van der Waals surface area (Å²) < 4.78 is 14.3. The van der Waals surface area contributed by atoms with Gasteiger partial charge in [0.25, 0.3) is 5.91 Å². The highest BCUT2D eigenvalue weighted by Crippen LogP contribution is 2.38. The molecule has 0 saturated carbocycles. The van der Waals surface area contributed by atoms with Crippen LogP contribution >= 0.6 is 11.6 Å². The number of fused-ring (bicyclic) bond motifs is 1. The molecule has 0 aliphatic carbocycles. The molecule has 0 aliphatic heterocycles. The van der Waals surface area contributed by atoms with Crippen LogP contribution in [0.15, 0.2) is 49.1 Å². The molecule has 0 fully saturated rings. The number of aromatic nitrogens is 4. The average Bonchev–Trinajstić information content (AvgIpc) is 3.13. The Morgan fingerprint density at radius 1 is 1.11 bits per heavy atom. The maximum absolute atomic E-state index is 14.3. The molecule has 4 rings (SSSR count). The van der Waals surface area contributed by atoms with Gasteiger partial charge in [-0.25, -0.2) is 14.4 Å². The van der Waals surface area contributed by atoms with Crippen LogP contribution in [0.3, 0.4) is 0 Å². The van der Waals surface area contributed by atoms with E-state index in [0.717, 1.165) is 0 Å². The second kappa shape index (κ2) is 7.01. The van der Waals surface area contributed by atoms with Crippen LogP contribution in [0.5, 0.6) is 0 Å². The molecule has 0 bridgehead atoms. The van der Waals surface area contributed by atoms with Gasteiger partial charge in [-0.15, -0.1) is 0 Å². The van der Waals surface area contributed by atoms with Crippen LogP contribution in [0.2, 0.25) is 5.02 Å². The van der Waals surface area contributed by atoms with Crippen molar-refractivity contribution in [2.45, 2.75) is 0 Å². The molecule has 28 heavy (non-hydrogen) atoms. The van der Waals surface area contributed by atoms with Crippen LogP contribution in [0.4, 0.5) is 4.39 Å². The average molecular weight is 396 g/mol. The predicted octanol–water partition coefficient (Wildman–Crippen LogP) is 4.18. The monoisotopic (exact) mass is 395 g/mol. The molecule has 0 radical (unpaired) electrons. The Morgan fingerprint density at radius 3 is 2.64 bits per heavy atom. The number of pyridine rings is 1. The van der Waals surface area contributed by atoms with Crippen molar-refractivity contribution in [3.63, 3.8) is 0 Å². The van der Waals surface area contributed by atoms with Crippen LogP contribution in [-0.2, 0) is 0 Å². The predicted molar refractivity (Wildman–Crippen MR) is 106 cm³/mol. The summed E-state index contributed by atoms with van der Waals surface area (Å²) >= 11 is 6.67. The van der Waals surface area contributed by atoms with Gasteiger partial charge in [0.1, 0.15) is 17.2 Å². The first-order valence-corrected chi connectivity index (χ1v) is 8.79. The summed E-state index contributed by atoms with van der Waals surface area (Å²) in [5.74, 6) is -0.628. The SMILES string of the molecule is CN(C)C(=O)c1cncc(-c2cnc3[nH]cc(-c4ccccc4F)c3c2Cl)n1. The molecule has 3 heterocycles. The minimum Gasteiger partial charge on any atom is -0.345 e. The van der Waals surface area contributed by atoms with Crippen molar-refractivity contribution in [2.75, 3.05) is 14.1 Å². The van der Waals surface area contributed by atoms with E-state index in [0.29, 0.717) is 38.4 Å². The normalized spacial score (nSPS) is 11.0. The molecule has 4 aromatic rings. The van der Waals surface area contributed by atoms with Gasteiger partial charge in [-0.2, -0.15) is 0 Å². The zero-order valence-electron chi connectivity index (χ0n) is 15.1. The molecule has 0 saturated heterocycles. The van der Waals surface area contributed by atoms with Crippen molar-refractivity contribution < 1.29 is 9.18 Å². The molecular formula is C20H15ClFN5O. The summed E-state index contributed by atoms with van der Waals surface area (Å²) in [4.78, 5) is 29.5. The Labute approximate surface area is 165 Å². The molecule has 8 heteroatoms. The van der Waals surface area contributed by atoms with Crippen LogP contribution in [0.25, 0.3) is 33.4 Å². The summed E-state index contributed by atoms with van der Waals surface area (Å²) in [5, 5.41) is 0.934. The maximum Gasteiger partial charge on any atom is 0.273 e. The minimum absolute atomic E-state index is 0.196. The number of carbonyl (C=O) groups excluding carboxylic acids is 1. The summed E-state index contributed by atoms with van der Waals surface area (Å²) in [6.45, 7) is 0. The first-order chi connectivity index (χ1) is 13.5. The van der Waals surface area contributed by atoms with Crippen molar-refractivity contribution in [1.29, 1.82) is 0 Å². The van der Waals surface area contributed by atoms with Crippen LogP contribution in [0.1, 0.15) is 10.5 Å². The molecule has 0 spiro atoms. The first kappa shape index (κ1) is 18.1. The number of nitrogens with one attached hydrogen (secondary N) is 1. The molecular weight excluding hydrogens is 381 g/mol. The topological polar surface area (TPSA) is 74.8 Å². The Kier molecular flexibility index (Phi) is 4.52. The maximum atomic E-state index is 14.3. The van der Waals surface area contributed by atoms with Gasteiger partial charge in [-0.05, 0) is 6.07 Å². The number of hydrogen-bond donors (Lipinski definition) is 1. The molecule has 0 atom stereocenters. The van der Waals surface area contributed by atoms with Gasteiger partial charge in [0.05, 0.1) is 23.1 Å². The number of amides is 1. The van der Waals surface area contributed by atoms with Gasteiger partial charge in [-0.1, -0.05) is 29.8 Å². The summed E-state index contributed by atoms with van der Waals surface area (Å²) in [6.07, 6.45) is 6.13. The minimum atomic E-state index is -0.358. The summed E-state index contributed by atoms with van der Waals surface area (Å²) in [6, 6.07) is 6.45. The Hall–Kier alpha value is -3.32. The largest absolute Gasteiger partial charge is 0.345 e. The van der Waals surface area contributed by atoms with E-state index < -0.39 is 0 Å². The quantitative estimate of drug-likeness (QED) is 0.564. The lowest BCUT2D eigenvalue weighted by molar-refractivity contribution is 0.0821. The fourth-order valence-corrected chi connectivity index (χ4v) is 3.29. The third-order valence-corrected chi connectivity index (χ3v) is 4.73. The molecule has 1 aromatic carbocycles. The number of benzene rings is 1. The van der Waals surface area contributed by atoms with Crippen LogP contribution < -0.4 is 0 Å². The third kappa shape index (κ3) is 2.99. The highest BCUT2D eigenvalue weighted by atomic mass is 35.5. The van der Waals surface area contributed by atoms with E-state index in [-0.39, 0.29) is 17.4 Å². The van der Waals surface area contributed by atoms with E-state index in [9.17, 15) is 9.18 Å². The standard InChI is InChI=1S/C20H15ClFN5O/c1-27(2)20(28)16-10-23-9-15(26-16)13-8-25-19-17(18(13)21)12(7-24-19)11-5-3-4-6-14(11)22/h3-10H,1-2H3,(H,24,25). The number of hydrogen-bond acceptors (Lipinski definition) is 4. The Balaban J connectivity index is 1.90. The van der Waals surface area contributed by atoms with Gasteiger partial charge in [0.2, 0.25) is 0 Å². The smallest absolute Gasteiger partial charge is 0.273 e. The number of H-pyrrole nitrogens is 1. The Morgan fingerprint density at radius 2 is 1.89 bits per heavy atom. The number of aromatic amines is 1. The van der Waals surface area contributed by atoms with E-state index in [2.05, 4.69) is 19.9 Å². The van der Waals surface area contributed by atoms with Gasteiger partial charge in [0.15, 0.2) is 0 Å². The molecule has 1 amide bonds. The lowest BCUT2D eigenvalue weighted by Gasteiger charge is -2.11. The zero-order chi connectivity index (χ0) is 19.8. The molecule has 0 aliphatic rings. The van der Waals surface area contributed by atoms with Crippen LogP contribution in [-0.4, -0.2) is 44.8 Å². The highest BCUT2D eigenvalue weighted by molar-refractivity contribution is 6.39. The van der Waals surface area contributed by atoms with Gasteiger partial charge < -0.3 is 9.88 Å². The fraction of sp³-hybridized carbons (Fsp3) is 0.100. The van der Waals surface area contributed by atoms with Crippen molar-refractivity contribution in [1.82, 2.24) is 24.8 Å². The highest BCUT2D eigenvalue weighted by Gasteiger charge is 2.19. The summed E-state index contributed by atoms with van der Waals surface area (Å²) in [5.41, 5.74) is 2.65. The number of nitrogens with zero attached hydrogens (tertiary/aromatic N) is 4. The van der Waals surface area contributed by atoms with E-state index in [1.807, 2.05) is 0 Å². The molecule has 1 N–H and O–H groups in total. The number of rotatable bonds is 3. The van der Waals surface area contributed by atoms with Crippen molar-refractivity contribution in [3.05, 3.63) is 65.6 Å². The summed E-state index contributed by atoms with van der Waals surface area (Å²) in [7, 11) is 3.27. The fourth-order valence-electron chi connectivity index (χ4n) is 2.96. The first-order valence-electron chi connectivity index (χ1n) is 8.42. The second-order valence-corrected chi connectivity index (χ2v) is 6.76. The Bertz CT molecular complexity index is 1200. The molecule has 0 unspecified atom stereocenters. The zero-order valence-corrected chi connectivity index (χ0v) is 15.8. The number of carbonyl (C=O) groups is 1. The van der Waals surface area contributed by atoms with Crippen molar-refractivity contribution >= 4 is 28.5 Å². The van der Waals surface area contributed by atoms with Gasteiger partial charge in [0, 0.05) is 48.6 Å². The van der Waals surface area contributed by atoms with Crippen molar-refractivity contribution in [3.8, 4) is 22.4 Å². The van der Waals surface area contributed by atoms with E-state index >= 15 is 0 Å². The van der Waals surface area contributed by atoms with E-state index in [1.165, 1.54) is 23.4 Å². The lowest BCUT2D eigenvalue weighted by Crippen LogP contribution is -2.23.